The van der Waals surface area contributed by atoms with E-state index in [2.05, 4.69) is 0 Å². The van der Waals surface area contributed by atoms with Crippen molar-refractivity contribution in [3.05, 3.63) is 35.2 Å². The Bertz CT molecular complexity index is 421. The first-order valence-corrected chi connectivity index (χ1v) is 7.38. The molecular weight excluding hydrogens is 240 g/mol. The van der Waals surface area contributed by atoms with Gasteiger partial charge < -0.3 is 0 Å². The van der Waals surface area contributed by atoms with E-state index in [0.29, 0.717) is 0 Å². The molecule has 1 aromatic rings. The Morgan fingerprint density at radius 2 is 1.86 bits per heavy atom. The van der Waals surface area contributed by atoms with Gasteiger partial charge in [-0.2, -0.15) is 0 Å². The van der Waals surface area contributed by atoms with Gasteiger partial charge in [0, 0.05) is 21.0 Å². The van der Waals surface area contributed by atoms with Crippen molar-refractivity contribution in [2.45, 2.75) is 4.90 Å². The third kappa shape index (κ3) is 4.17. The molecule has 0 N–H and O–H groups in total. The summed E-state index contributed by atoms with van der Waals surface area (Å²) in [6.07, 6.45) is 3.44. The van der Waals surface area contributed by atoms with Gasteiger partial charge in [-0.15, -0.1) is 11.8 Å². The fourth-order valence-electron chi connectivity index (χ4n) is 0.875. The van der Waals surface area contributed by atoms with Crippen molar-refractivity contribution in [3.63, 3.8) is 0 Å². The molecule has 5 heteroatoms. The highest BCUT2D eigenvalue weighted by Crippen LogP contribution is 2.16. The van der Waals surface area contributed by atoms with Crippen molar-refractivity contribution in [1.82, 2.24) is 0 Å². The highest BCUT2D eigenvalue weighted by molar-refractivity contribution is 8.16. The van der Waals surface area contributed by atoms with Crippen molar-refractivity contribution in [2.75, 3.05) is 6.26 Å². The van der Waals surface area contributed by atoms with Crippen LogP contribution in [-0.2, 0) is 9.05 Å². The molecule has 0 spiro atoms. The summed E-state index contributed by atoms with van der Waals surface area (Å²) in [6, 6.07) is 7.52. The lowest BCUT2D eigenvalue weighted by Gasteiger charge is -1.95. The summed E-state index contributed by atoms with van der Waals surface area (Å²) in [5, 5.41) is 0.975. The van der Waals surface area contributed by atoms with Gasteiger partial charge >= 0.3 is 0 Å². The molecule has 0 saturated carbocycles. The molecule has 0 bridgehead atoms. The van der Waals surface area contributed by atoms with E-state index in [-0.39, 0.29) is 0 Å². The van der Waals surface area contributed by atoms with Crippen molar-refractivity contribution >= 4 is 37.6 Å². The third-order valence-electron chi connectivity index (χ3n) is 1.54. The fraction of sp³-hybridized carbons (Fsp3) is 0.111. The van der Waals surface area contributed by atoms with Crippen LogP contribution in [0, 0.1) is 0 Å². The topological polar surface area (TPSA) is 34.1 Å². The molecule has 0 amide bonds. The zero-order valence-electron chi connectivity index (χ0n) is 7.48. The van der Waals surface area contributed by atoms with E-state index in [9.17, 15) is 8.42 Å². The quantitative estimate of drug-likeness (QED) is 0.609. The summed E-state index contributed by atoms with van der Waals surface area (Å²) in [7, 11) is 1.47. The van der Waals surface area contributed by atoms with Crippen LogP contribution in [0.2, 0.25) is 0 Å². The van der Waals surface area contributed by atoms with Crippen molar-refractivity contribution < 1.29 is 8.42 Å². The monoisotopic (exact) mass is 248 g/mol. The van der Waals surface area contributed by atoms with Crippen LogP contribution in [0.4, 0.5) is 0 Å². The molecule has 0 fully saturated rings. The lowest BCUT2D eigenvalue weighted by Crippen LogP contribution is -1.79. The molecule has 76 valence electrons. The lowest BCUT2D eigenvalue weighted by atomic mass is 10.2. The SMILES string of the molecule is CSc1ccc(C=CS(=O)(=O)Cl)cc1. The molecule has 1 aromatic carbocycles. The fourth-order valence-corrected chi connectivity index (χ4v) is 1.76. The Labute approximate surface area is 92.4 Å². The first-order chi connectivity index (χ1) is 6.51. The van der Waals surface area contributed by atoms with Gasteiger partial charge in [-0.1, -0.05) is 12.1 Å². The lowest BCUT2D eigenvalue weighted by molar-refractivity contribution is 0.617. The van der Waals surface area contributed by atoms with Crippen LogP contribution in [0.5, 0.6) is 0 Å². The summed E-state index contributed by atoms with van der Waals surface area (Å²) >= 11 is 1.63. The highest BCUT2D eigenvalue weighted by Gasteiger charge is 1.96. The molecular formula is C9H9ClO2S2. The van der Waals surface area contributed by atoms with Gasteiger partial charge in [-0.3, -0.25) is 0 Å². The molecule has 0 aliphatic carbocycles. The molecule has 1 rings (SSSR count). The van der Waals surface area contributed by atoms with E-state index in [4.69, 9.17) is 10.7 Å². The maximum Gasteiger partial charge on any atom is 0.254 e. The van der Waals surface area contributed by atoms with Gasteiger partial charge in [-0.25, -0.2) is 8.42 Å². The van der Waals surface area contributed by atoms with Crippen LogP contribution in [0.15, 0.2) is 34.6 Å². The van der Waals surface area contributed by atoms with Crippen LogP contribution < -0.4 is 0 Å². The summed E-state index contributed by atoms with van der Waals surface area (Å²) in [5.41, 5.74) is 0.812. The van der Waals surface area contributed by atoms with Crippen LogP contribution in [0.3, 0.4) is 0 Å². The zero-order chi connectivity index (χ0) is 10.6. The minimum atomic E-state index is -3.55. The number of thioether (sulfide) groups is 1. The summed E-state index contributed by atoms with van der Waals surface area (Å²) in [6.45, 7) is 0. The third-order valence-corrected chi connectivity index (χ3v) is 3.05. The van der Waals surface area contributed by atoms with Gasteiger partial charge in [0.2, 0.25) is 0 Å². The minimum absolute atomic E-state index is 0.812. The predicted molar refractivity (Wildman–Crippen MR) is 62.0 cm³/mol. The molecule has 0 heterocycles. The number of rotatable bonds is 3. The normalized spacial score (nSPS) is 12.1. The second kappa shape index (κ2) is 4.87. The summed E-state index contributed by atoms with van der Waals surface area (Å²) < 4.78 is 21.2. The van der Waals surface area contributed by atoms with Crippen molar-refractivity contribution in [3.8, 4) is 0 Å². The van der Waals surface area contributed by atoms with Crippen molar-refractivity contribution in [1.29, 1.82) is 0 Å². The Morgan fingerprint density at radius 1 is 1.29 bits per heavy atom. The average molecular weight is 249 g/mol. The van der Waals surface area contributed by atoms with Crippen LogP contribution in [0.25, 0.3) is 6.08 Å². The molecule has 0 radical (unpaired) electrons. The second-order valence-electron chi connectivity index (χ2n) is 2.55. The molecule has 0 atom stereocenters. The Hall–Kier alpha value is -0.450. The van der Waals surface area contributed by atoms with E-state index in [0.717, 1.165) is 15.9 Å². The summed E-state index contributed by atoms with van der Waals surface area (Å²) in [4.78, 5) is 1.14. The maximum atomic E-state index is 10.6. The largest absolute Gasteiger partial charge is 0.254 e. The molecule has 0 aliphatic rings. The van der Waals surface area contributed by atoms with Gasteiger partial charge in [0.15, 0.2) is 0 Å². The van der Waals surface area contributed by atoms with Crippen LogP contribution >= 0.6 is 22.4 Å². The Balaban J connectivity index is 2.84. The molecule has 0 saturated heterocycles. The molecule has 0 aliphatic heterocycles. The van der Waals surface area contributed by atoms with Crippen molar-refractivity contribution in [2.24, 2.45) is 0 Å². The zero-order valence-corrected chi connectivity index (χ0v) is 9.86. The van der Waals surface area contributed by atoms with E-state index in [1.807, 2.05) is 30.5 Å². The van der Waals surface area contributed by atoms with Gasteiger partial charge in [0.1, 0.15) is 0 Å². The molecule has 0 aromatic heterocycles. The number of benzene rings is 1. The maximum absolute atomic E-state index is 10.6. The minimum Gasteiger partial charge on any atom is -0.208 e. The van der Waals surface area contributed by atoms with Crippen LogP contribution in [-0.4, -0.2) is 14.7 Å². The van der Waals surface area contributed by atoms with E-state index >= 15 is 0 Å². The Kier molecular flexibility index (Phi) is 4.04. The first kappa shape index (κ1) is 11.6. The molecule has 0 unspecified atom stereocenters. The van der Waals surface area contributed by atoms with E-state index in [1.54, 1.807) is 11.8 Å². The summed E-state index contributed by atoms with van der Waals surface area (Å²) in [5.74, 6) is 0. The smallest absolute Gasteiger partial charge is 0.208 e. The van der Waals surface area contributed by atoms with E-state index in [1.165, 1.54) is 6.08 Å². The second-order valence-corrected chi connectivity index (χ2v) is 5.94. The molecule has 2 nitrogen and oxygen atoms in total. The average Bonchev–Trinajstić information content (AvgIpc) is 2.14. The first-order valence-electron chi connectivity index (χ1n) is 3.78. The van der Waals surface area contributed by atoms with Crippen LogP contribution in [0.1, 0.15) is 5.56 Å². The predicted octanol–water partition coefficient (Wildman–Crippen LogP) is 2.95. The van der Waals surface area contributed by atoms with Gasteiger partial charge in [-0.05, 0) is 30.0 Å². The Morgan fingerprint density at radius 3 is 2.29 bits per heavy atom. The number of hydrogen-bond donors (Lipinski definition) is 0. The highest BCUT2D eigenvalue weighted by atomic mass is 35.7. The van der Waals surface area contributed by atoms with Gasteiger partial charge in [0.05, 0.1) is 0 Å². The van der Waals surface area contributed by atoms with Gasteiger partial charge in [0.25, 0.3) is 9.05 Å². The molecule has 14 heavy (non-hydrogen) atoms. The number of hydrogen-bond acceptors (Lipinski definition) is 3. The number of halogens is 1. The van der Waals surface area contributed by atoms with E-state index < -0.39 is 9.05 Å². The standard InChI is InChI=1S/C9H9ClO2S2/c1-13-9-4-2-8(3-5-9)6-7-14(10,11)12/h2-7H,1H3.